The Kier molecular flexibility index (Phi) is 11.3. The summed E-state index contributed by atoms with van der Waals surface area (Å²) in [5, 5.41) is 18.2. The van der Waals surface area contributed by atoms with Gasteiger partial charge in [0.05, 0.1) is 11.4 Å². The number of hydrogen-bond acceptors (Lipinski definition) is 7. The summed E-state index contributed by atoms with van der Waals surface area (Å²) in [6, 6.07) is 1.06. The van der Waals surface area contributed by atoms with E-state index in [4.69, 9.17) is 4.74 Å². The average Bonchev–Trinajstić information content (AvgIpc) is 3.31. The smallest absolute Gasteiger partial charge is 0.408 e. The van der Waals surface area contributed by atoms with Crippen molar-refractivity contribution in [2.45, 2.75) is 97.4 Å². The molecule has 0 bridgehead atoms. The van der Waals surface area contributed by atoms with Crippen LogP contribution in [0.25, 0.3) is 0 Å². The highest BCUT2D eigenvalue weighted by atomic mass is 16.6. The number of alkyl carbamates (subject to hydrolysis) is 1. The number of ether oxygens (including phenoxy) is 1. The number of carboxylic acids is 1. The van der Waals surface area contributed by atoms with Crippen LogP contribution in [0.5, 0.6) is 0 Å². The van der Waals surface area contributed by atoms with Crippen LogP contribution in [0.15, 0.2) is 18.3 Å². The quantitative estimate of drug-likeness (QED) is 0.299. The van der Waals surface area contributed by atoms with Gasteiger partial charge in [0.15, 0.2) is 0 Å². The highest BCUT2D eigenvalue weighted by Gasteiger charge is 2.39. The number of rotatable bonds is 12. The monoisotopic (exact) mass is 533 g/mol. The van der Waals surface area contributed by atoms with Crippen molar-refractivity contribution in [1.82, 2.24) is 20.5 Å². The largest absolute Gasteiger partial charge is 0.480 e. The summed E-state index contributed by atoms with van der Waals surface area (Å²) < 4.78 is 5.35. The van der Waals surface area contributed by atoms with Crippen LogP contribution in [0.3, 0.4) is 0 Å². The van der Waals surface area contributed by atoms with Crippen LogP contribution in [0.4, 0.5) is 10.5 Å². The number of likely N-dealkylation sites (tertiary alicyclic amines) is 1. The van der Waals surface area contributed by atoms with E-state index in [-0.39, 0.29) is 5.92 Å². The molecule has 1 fully saturated rings. The van der Waals surface area contributed by atoms with E-state index in [1.54, 1.807) is 40.8 Å². The summed E-state index contributed by atoms with van der Waals surface area (Å²) >= 11 is 0. The SMILES string of the molecule is Cc1ncccc1NCCCC[C@H](NC(=O)OC(C)(C)C)C(=O)N[C@H](C(=O)N1CCC[C@H]1C(=O)O)C(C)C. The third-order valence-electron chi connectivity index (χ3n) is 6.30. The van der Waals surface area contributed by atoms with E-state index in [2.05, 4.69) is 20.9 Å². The van der Waals surface area contributed by atoms with Gasteiger partial charge in [-0.15, -0.1) is 0 Å². The van der Waals surface area contributed by atoms with Crippen LogP contribution >= 0.6 is 0 Å². The van der Waals surface area contributed by atoms with Crippen LogP contribution in [0, 0.1) is 12.8 Å². The van der Waals surface area contributed by atoms with E-state index in [9.17, 15) is 24.3 Å². The Morgan fingerprint density at radius 3 is 2.50 bits per heavy atom. The normalized spacial score (nSPS) is 17.0. The number of anilines is 1. The summed E-state index contributed by atoms with van der Waals surface area (Å²) in [4.78, 5) is 56.3. The molecule has 0 radical (unpaired) electrons. The lowest BCUT2D eigenvalue weighted by atomic mass is 10.0. The maximum Gasteiger partial charge on any atom is 0.408 e. The second kappa shape index (κ2) is 14.0. The third-order valence-corrected chi connectivity index (χ3v) is 6.30. The molecule has 1 aromatic heterocycles. The van der Waals surface area contributed by atoms with Gasteiger partial charge in [0.25, 0.3) is 0 Å². The first-order valence-electron chi connectivity index (χ1n) is 13.3. The highest BCUT2D eigenvalue weighted by Crippen LogP contribution is 2.21. The highest BCUT2D eigenvalue weighted by molar-refractivity contribution is 5.93. The summed E-state index contributed by atoms with van der Waals surface area (Å²) in [5.74, 6) is -2.27. The summed E-state index contributed by atoms with van der Waals surface area (Å²) in [6.07, 6.45) is 3.67. The zero-order valence-corrected chi connectivity index (χ0v) is 23.4. The molecule has 11 heteroatoms. The Morgan fingerprint density at radius 2 is 1.89 bits per heavy atom. The van der Waals surface area contributed by atoms with Crippen LogP contribution < -0.4 is 16.0 Å². The molecule has 11 nitrogen and oxygen atoms in total. The van der Waals surface area contributed by atoms with Crippen molar-refractivity contribution < 1.29 is 29.0 Å². The fourth-order valence-corrected chi connectivity index (χ4v) is 4.32. The number of aliphatic carboxylic acids is 1. The zero-order valence-electron chi connectivity index (χ0n) is 23.4. The van der Waals surface area contributed by atoms with Gasteiger partial charge in [-0.1, -0.05) is 13.8 Å². The van der Waals surface area contributed by atoms with Gasteiger partial charge in [-0.05, 0) is 77.8 Å². The van der Waals surface area contributed by atoms with Crippen molar-refractivity contribution in [1.29, 1.82) is 0 Å². The molecule has 3 amide bonds. The van der Waals surface area contributed by atoms with Crippen molar-refractivity contribution in [3.8, 4) is 0 Å². The number of nitrogens with one attached hydrogen (secondary N) is 3. The lowest BCUT2D eigenvalue weighted by Gasteiger charge is -2.31. The minimum Gasteiger partial charge on any atom is -0.480 e. The summed E-state index contributed by atoms with van der Waals surface area (Å²) in [6.45, 7) is 11.7. The predicted octanol–water partition coefficient (Wildman–Crippen LogP) is 3.08. The van der Waals surface area contributed by atoms with Crippen molar-refractivity contribution in [3.63, 3.8) is 0 Å². The van der Waals surface area contributed by atoms with Crippen molar-refractivity contribution in [2.24, 2.45) is 5.92 Å². The van der Waals surface area contributed by atoms with E-state index in [1.165, 1.54) is 4.90 Å². The number of carboxylic acid groups (broad SMARTS) is 1. The van der Waals surface area contributed by atoms with Gasteiger partial charge in [0, 0.05) is 19.3 Å². The fourth-order valence-electron chi connectivity index (χ4n) is 4.32. The molecule has 0 spiro atoms. The molecular weight excluding hydrogens is 490 g/mol. The molecular formula is C27H43N5O6. The molecule has 0 aliphatic carbocycles. The number of aryl methyl sites for hydroxylation is 1. The van der Waals surface area contributed by atoms with Crippen molar-refractivity contribution >= 4 is 29.6 Å². The molecule has 3 atom stereocenters. The second-order valence-corrected chi connectivity index (χ2v) is 11.0. The maximum absolute atomic E-state index is 13.3. The third kappa shape index (κ3) is 9.50. The molecule has 1 aliphatic heterocycles. The molecule has 1 saturated heterocycles. The molecule has 2 heterocycles. The maximum atomic E-state index is 13.3. The van der Waals surface area contributed by atoms with E-state index >= 15 is 0 Å². The number of nitrogens with zero attached hydrogens (tertiary/aromatic N) is 2. The van der Waals surface area contributed by atoms with E-state index < -0.39 is 47.6 Å². The van der Waals surface area contributed by atoms with Gasteiger partial charge in [0.2, 0.25) is 11.8 Å². The van der Waals surface area contributed by atoms with Gasteiger partial charge in [0.1, 0.15) is 23.7 Å². The lowest BCUT2D eigenvalue weighted by Crippen LogP contribution is -2.57. The number of aromatic nitrogens is 1. The Bertz CT molecular complexity index is 977. The Balaban J connectivity index is 2.05. The van der Waals surface area contributed by atoms with Gasteiger partial charge in [-0.25, -0.2) is 9.59 Å². The van der Waals surface area contributed by atoms with Gasteiger partial charge in [-0.2, -0.15) is 0 Å². The van der Waals surface area contributed by atoms with E-state index in [0.29, 0.717) is 38.8 Å². The van der Waals surface area contributed by atoms with Crippen LogP contribution in [0.2, 0.25) is 0 Å². The molecule has 38 heavy (non-hydrogen) atoms. The van der Waals surface area contributed by atoms with Crippen molar-refractivity contribution in [2.75, 3.05) is 18.4 Å². The number of hydrogen-bond donors (Lipinski definition) is 4. The van der Waals surface area contributed by atoms with E-state index in [0.717, 1.165) is 17.8 Å². The van der Waals surface area contributed by atoms with E-state index in [1.807, 2.05) is 19.1 Å². The van der Waals surface area contributed by atoms with Crippen LogP contribution in [0.1, 0.15) is 72.4 Å². The van der Waals surface area contributed by atoms with Crippen molar-refractivity contribution in [3.05, 3.63) is 24.0 Å². The molecule has 0 unspecified atom stereocenters. The molecule has 0 aromatic carbocycles. The van der Waals surface area contributed by atoms with Crippen LogP contribution in [-0.2, 0) is 19.1 Å². The second-order valence-electron chi connectivity index (χ2n) is 11.0. The zero-order chi connectivity index (χ0) is 28.5. The Morgan fingerprint density at radius 1 is 1.18 bits per heavy atom. The van der Waals surface area contributed by atoms with Gasteiger partial charge >= 0.3 is 12.1 Å². The average molecular weight is 534 g/mol. The number of pyridine rings is 1. The molecule has 1 aromatic rings. The minimum absolute atomic E-state index is 0.282. The Hall–Kier alpha value is -3.37. The first-order chi connectivity index (χ1) is 17.8. The lowest BCUT2D eigenvalue weighted by molar-refractivity contribution is -0.150. The number of unbranched alkanes of at least 4 members (excludes halogenated alkanes) is 1. The predicted molar refractivity (Wildman–Crippen MR) is 144 cm³/mol. The fraction of sp³-hybridized carbons (Fsp3) is 0.667. The summed E-state index contributed by atoms with van der Waals surface area (Å²) in [5.41, 5.74) is 1.09. The van der Waals surface area contributed by atoms with Gasteiger partial charge in [-0.3, -0.25) is 14.6 Å². The van der Waals surface area contributed by atoms with Crippen LogP contribution in [-0.4, -0.2) is 75.7 Å². The number of carbonyl (C=O) groups excluding carboxylic acids is 3. The molecule has 2 rings (SSSR count). The molecule has 212 valence electrons. The standard InChI is InChI=1S/C27H43N5O6/c1-17(2)22(24(34)32-16-10-13-21(32)25(35)36)31-23(33)20(30-26(37)38-27(4,5)6)11-7-8-14-29-19-12-9-15-28-18(19)3/h9,12,15,17,20-22,29H,7-8,10-11,13-14,16H2,1-6H3,(H,30,37)(H,31,33)(H,35,36)/t20-,21-,22-/m0/s1. The number of carbonyl (C=O) groups is 4. The molecule has 4 N–H and O–H groups in total. The minimum atomic E-state index is -1.05. The molecule has 1 aliphatic rings. The topological polar surface area (TPSA) is 150 Å². The first kappa shape index (κ1) is 30.9. The summed E-state index contributed by atoms with van der Waals surface area (Å²) in [7, 11) is 0. The first-order valence-corrected chi connectivity index (χ1v) is 13.3. The molecule has 0 saturated carbocycles. The van der Waals surface area contributed by atoms with Gasteiger partial charge < -0.3 is 30.7 Å². The Labute approximate surface area is 225 Å². The number of amides is 3.